The molecule has 1 unspecified atom stereocenters. The Morgan fingerprint density at radius 2 is 2.17 bits per heavy atom. The summed E-state index contributed by atoms with van der Waals surface area (Å²) in [6.45, 7) is 12.1. The third kappa shape index (κ3) is 3.10. The summed E-state index contributed by atoms with van der Waals surface area (Å²) in [5, 5.41) is 0. The average molecular weight is 284 g/mol. The molecule has 4 heteroatoms. The maximum atomic E-state index is 6.06. The fraction of sp³-hybridized carbons (Fsp3) is 0.714. The molecule has 1 aliphatic heterocycles. The molecule has 0 radical (unpaired) electrons. The Kier molecular flexibility index (Phi) is 4.42. The Morgan fingerprint density at radius 1 is 1.44 bits per heavy atom. The van der Waals surface area contributed by atoms with E-state index in [1.54, 1.807) is 0 Å². The largest absolute Gasteiger partial charge is 0.329 e. The van der Waals surface area contributed by atoms with E-state index in [1.165, 1.54) is 21.1 Å². The summed E-state index contributed by atoms with van der Waals surface area (Å²) in [5.41, 5.74) is 7.51. The molecule has 1 aromatic heterocycles. The SMILES string of the molecule is Cc1cc(C(CN)N2CCSC(C)(C)C2)c(C)s1. The molecule has 2 N–H and O–H groups in total. The van der Waals surface area contributed by atoms with Crippen molar-refractivity contribution in [3.05, 3.63) is 21.4 Å². The molecule has 1 aliphatic rings. The van der Waals surface area contributed by atoms with Gasteiger partial charge in [0.1, 0.15) is 0 Å². The Labute approximate surface area is 119 Å². The Bertz CT molecular complexity index is 412. The Balaban J connectivity index is 2.20. The number of aryl methyl sites for hydroxylation is 2. The van der Waals surface area contributed by atoms with Gasteiger partial charge < -0.3 is 5.73 Å². The van der Waals surface area contributed by atoms with Gasteiger partial charge in [0.15, 0.2) is 0 Å². The van der Waals surface area contributed by atoms with Crippen LogP contribution in [0, 0.1) is 13.8 Å². The summed E-state index contributed by atoms with van der Waals surface area (Å²) in [5.74, 6) is 1.21. The van der Waals surface area contributed by atoms with E-state index >= 15 is 0 Å². The lowest BCUT2D eigenvalue weighted by Gasteiger charge is -2.41. The summed E-state index contributed by atoms with van der Waals surface area (Å²) in [6.07, 6.45) is 0. The zero-order chi connectivity index (χ0) is 13.3. The molecule has 0 spiro atoms. The summed E-state index contributed by atoms with van der Waals surface area (Å²) in [4.78, 5) is 5.40. The standard InChI is InChI=1S/C14H24N2S2/c1-10-7-12(11(2)18-10)13(8-15)16-5-6-17-14(3,4)9-16/h7,13H,5-6,8-9,15H2,1-4H3. The van der Waals surface area contributed by atoms with Crippen molar-refractivity contribution < 1.29 is 0 Å². The highest BCUT2D eigenvalue weighted by Crippen LogP contribution is 2.36. The molecule has 1 aromatic rings. The van der Waals surface area contributed by atoms with E-state index in [4.69, 9.17) is 5.73 Å². The van der Waals surface area contributed by atoms with Gasteiger partial charge in [-0.25, -0.2) is 0 Å². The number of nitrogens with zero attached hydrogens (tertiary/aromatic N) is 1. The Hall–Kier alpha value is -0.0300. The molecule has 1 saturated heterocycles. The highest BCUT2D eigenvalue weighted by molar-refractivity contribution is 8.00. The number of hydrogen-bond donors (Lipinski definition) is 1. The van der Waals surface area contributed by atoms with Gasteiger partial charge in [0, 0.05) is 45.9 Å². The smallest absolute Gasteiger partial charge is 0.0482 e. The fourth-order valence-corrected chi connectivity index (χ4v) is 4.89. The van der Waals surface area contributed by atoms with E-state index < -0.39 is 0 Å². The maximum Gasteiger partial charge on any atom is 0.0482 e. The van der Waals surface area contributed by atoms with Crippen LogP contribution in [0.1, 0.15) is 35.2 Å². The lowest BCUT2D eigenvalue weighted by molar-refractivity contribution is 0.192. The number of thiophene rings is 1. The molecular formula is C14H24N2S2. The van der Waals surface area contributed by atoms with Crippen LogP contribution < -0.4 is 5.73 Å². The van der Waals surface area contributed by atoms with Gasteiger partial charge in [0.05, 0.1) is 0 Å². The third-order valence-corrected chi connectivity index (χ3v) is 5.84. The van der Waals surface area contributed by atoms with Crippen LogP contribution in [0.25, 0.3) is 0 Å². The molecule has 1 fully saturated rings. The minimum Gasteiger partial charge on any atom is -0.329 e. The second-order valence-corrected chi connectivity index (χ2v) is 8.96. The lowest BCUT2D eigenvalue weighted by Crippen LogP contribution is -2.46. The summed E-state index contributed by atoms with van der Waals surface area (Å²) < 4.78 is 0.352. The van der Waals surface area contributed by atoms with E-state index in [2.05, 4.69) is 50.4 Å². The number of rotatable bonds is 3. The van der Waals surface area contributed by atoms with Crippen molar-refractivity contribution in [3.63, 3.8) is 0 Å². The van der Waals surface area contributed by atoms with Gasteiger partial charge in [-0.05, 0) is 39.3 Å². The molecular weight excluding hydrogens is 260 g/mol. The second kappa shape index (κ2) is 5.53. The van der Waals surface area contributed by atoms with Crippen molar-refractivity contribution in [1.29, 1.82) is 0 Å². The molecule has 18 heavy (non-hydrogen) atoms. The quantitative estimate of drug-likeness (QED) is 0.924. The van der Waals surface area contributed by atoms with Crippen molar-refractivity contribution in [2.75, 3.05) is 25.4 Å². The van der Waals surface area contributed by atoms with Crippen LogP contribution >= 0.6 is 23.1 Å². The molecule has 0 amide bonds. The van der Waals surface area contributed by atoms with Gasteiger partial charge in [-0.3, -0.25) is 4.90 Å². The van der Waals surface area contributed by atoms with Crippen LogP contribution in [-0.4, -0.2) is 35.0 Å². The van der Waals surface area contributed by atoms with Crippen LogP contribution in [0.2, 0.25) is 0 Å². The zero-order valence-electron chi connectivity index (χ0n) is 11.8. The molecule has 0 bridgehead atoms. The second-order valence-electron chi connectivity index (χ2n) is 5.70. The number of nitrogens with two attached hydrogens (primary N) is 1. The molecule has 2 rings (SSSR count). The van der Waals surface area contributed by atoms with Crippen molar-refractivity contribution in [2.24, 2.45) is 5.73 Å². The van der Waals surface area contributed by atoms with Gasteiger partial charge in [0.2, 0.25) is 0 Å². The van der Waals surface area contributed by atoms with Gasteiger partial charge in [-0.2, -0.15) is 11.8 Å². The minimum atomic E-state index is 0.352. The van der Waals surface area contributed by atoms with E-state index in [1.807, 2.05) is 11.3 Å². The zero-order valence-corrected chi connectivity index (χ0v) is 13.5. The van der Waals surface area contributed by atoms with Gasteiger partial charge in [-0.1, -0.05) is 0 Å². The topological polar surface area (TPSA) is 29.3 Å². The van der Waals surface area contributed by atoms with E-state index in [0.29, 0.717) is 10.8 Å². The van der Waals surface area contributed by atoms with E-state index in [-0.39, 0.29) is 0 Å². The van der Waals surface area contributed by atoms with Gasteiger partial charge in [0.25, 0.3) is 0 Å². The Morgan fingerprint density at radius 3 is 2.67 bits per heavy atom. The van der Waals surface area contributed by atoms with Crippen LogP contribution in [-0.2, 0) is 0 Å². The fourth-order valence-electron chi connectivity index (χ4n) is 2.77. The highest BCUT2D eigenvalue weighted by Gasteiger charge is 2.32. The van der Waals surface area contributed by atoms with Gasteiger partial charge >= 0.3 is 0 Å². The molecule has 2 nitrogen and oxygen atoms in total. The number of hydrogen-bond acceptors (Lipinski definition) is 4. The monoisotopic (exact) mass is 284 g/mol. The summed E-state index contributed by atoms with van der Waals surface area (Å²) in [7, 11) is 0. The van der Waals surface area contributed by atoms with E-state index in [9.17, 15) is 0 Å². The summed E-state index contributed by atoms with van der Waals surface area (Å²) in [6, 6.07) is 2.72. The first-order valence-corrected chi connectivity index (χ1v) is 8.38. The maximum absolute atomic E-state index is 6.06. The van der Waals surface area contributed by atoms with Crippen molar-refractivity contribution in [1.82, 2.24) is 4.90 Å². The van der Waals surface area contributed by atoms with Crippen LogP contribution in [0.4, 0.5) is 0 Å². The van der Waals surface area contributed by atoms with Crippen LogP contribution in [0.3, 0.4) is 0 Å². The van der Waals surface area contributed by atoms with Crippen LogP contribution in [0.5, 0.6) is 0 Å². The van der Waals surface area contributed by atoms with Crippen molar-refractivity contribution in [3.8, 4) is 0 Å². The van der Waals surface area contributed by atoms with Crippen molar-refractivity contribution >= 4 is 23.1 Å². The molecule has 0 aliphatic carbocycles. The first-order valence-electron chi connectivity index (χ1n) is 6.58. The van der Waals surface area contributed by atoms with Crippen molar-refractivity contribution in [2.45, 2.75) is 38.5 Å². The normalized spacial score (nSPS) is 22.1. The molecule has 0 aromatic carbocycles. The van der Waals surface area contributed by atoms with Crippen LogP contribution in [0.15, 0.2) is 6.07 Å². The molecule has 2 heterocycles. The molecule has 0 saturated carbocycles. The van der Waals surface area contributed by atoms with Gasteiger partial charge in [-0.15, -0.1) is 11.3 Å². The number of thioether (sulfide) groups is 1. The lowest BCUT2D eigenvalue weighted by atomic mass is 10.0. The predicted molar refractivity (Wildman–Crippen MR) is 83.7 cm³/mol. The first-order chi connectivity index (χ1) is 8.43. The van der Waals surface area contributed by atoms with E-state index in [0.717, 1.165) is 19.6 Å². The molecule has 102 valence electrons. The third-order valence-electron chi connectivity index (χ3n) is 3.56. The predicted octanol–water partition coefficient (Wildman–Crippen LogP) is 3.19. The minimum absolute atomic E-state index is 0.352. The first kappa shape index (κ1) is 14.4. The highest BCUT2D eigenvalue weighted by atomic mass is 32.2. The summed E-state index contributed by atoms with van der Waals surface area (Å²) >= 11 is 3.97. The molecule has 1 atom stereocenters. The average Bonchev–Trinajstić information content (AvgIpc) is 2.58.